The van der Waals surface area contributed by atoms with Crippen molar-refractivity contribution >= 4 is 5.97 Å². The highest BCUT2D eigenvalue weighted by Crippen LogP contribution is 2.26. The molecule has 4 nitrogen and oxygen atoms in total. The molecule has 1 aromatic carbocycles. The maximum absolute atomic E-state index is 13.2. The van der Waals surface area contributed by atoms with E-state index < -0.39 is 23.5 Å². The molecule has 1 aromatic heterocycles. The van der Waals surface area contributed by atoms with Gasteiger partial charge in [-0.05, 0) is 24.6 Å². The Morgan fingerprint density at radius 1 is 1.35 bits per heavy atom. The van der Waals surface area contributed by atoms with Gasteiger partial charge >= 0.3 is 5.97 Å². The number of hydrogen-bond acceptors (Lipinski definition) is 2. The first-order valence-corrected chi connectivity index (χ1v) is 6.29. The number of nitrogens with zero attached hydrogens (tertiary/aromatic N) is 2. The summed E-state index contributed by atoms with van der Waals surface area (Å²) in [6, 6.07) is 3.61. The molecule has 0 saturated heterocycles. The van der Waals surface area contributed by atoms with Crippen LogP contribution in [-0.2, 0) is 17.8 Å². The fourth-order valence-electron chi connectivity index (χ4n) is 2.43. The molecule has 0 radical (unpaired) electrons. The van der Waals surface area contributed by atoms with E-state index in [9.17, 15) is 13.6 Å². The number of imidazole rings is 1. The monoisotopic (exact) mass is 278 g/mol. The van der Waals surface area contributed by atoms with E-state index in [1.165, 1.54) is 6.07 Å². The maximum atomic E-state index is 13.2. The van der Waals surface area contributed by atoms with Crippen molar-refractivity contribution in [2.45, 2.75) is 19.4 Å². The van der Waals surface area contributed by atoms with Crippen LogP contribution in [0.2, 0.25) is 0 Å². The third kappa shape index (κ3) is 2.17. The van der Waals surface area contributed by atoms with Gasteiger partial charge in [0.2, 0.25) is 0 Å². The highest BCUT2D eigenvalue weighted by Gasteiger charge is 2.26. The summed E-state index contributed by atoms with van der Waals surface area (Å²) in [6.07, 6.45) is 2.66. The SMILES string of the molecule is O=C(O)C1CCn2cc(-c3ccc(F)c(F)c3)nc2C1. The topological polar surface area (TPSA) is 55.1 Å². The maximum Gasteiger partial charge on any atom is 0.307 e. The lowest BCUT2D eigenvalue weighted by atomic mass is 9.98. The lowest BCUT2D eigenvalue weighted by molar-refractivity contribution is -0.142. The van der Waals surface area contributed by atoms with Crippen LogP contribution in [0.15, 0.2) is 24.4 Å². The Hall–Kier alpha value is -2.24. The molecular formula is C14H12F2N2O2. The van der Waals surface area contributed by atoms with Crippen molar-refractivity contribution in [2.24, 2.45) is 5.92 Å². The normalized spacial score (nSPS) is 17.8. The average molecular weight is 278 g/mol. The minimum Gasteiger partial charge on any atom is -0.481 e. The summed E-state index contributed by atoms with van der Waals surface area (Å²) in [5.41, 5.74) is 1.02. The lowest BCUT2D eigenvalue weighted by Gasteiger charge is -2.19. The summed E-state index contributed by atoms with van der Waals surface area (Å²) in [5.74, 6) is -2.40. The number of aryl methyl sites for hydroxylation is 1. The Labute approximate surface area is 113 Å². The standard InChI is InChI=1S/C14H12F2N2O2/c15-10-2-1-8(5-11(10)16)12-7-18-4-3-9(14(19)20)6-13(18)17-12/h1-2,5,7,9H,3-4,6H2,(H,19,20). The second-order valence-corrected chi connectivity index (χ2v) is 4.89. The predicted octanol–water partition coefficient (Wildman–Crippen LogP) is 2.48. The van der Waals surface area contributed by atoms with Gasteiger partial charge in [0, 0.05) is 24.7 Å². The summed E-state index contributed by atoms with van der Waals surface area (Å²) in [6.45, 7) is 0.572. The van der Waals surface area contributed by atoms with Crippen LogP contribution in [0.4, 0.5) is 8.78 Å². The molecular weight excluding hydrogens is 266 g/mol. The van der Waals surface area contributed by atoms with Gasteiger partial charge in [-0.3, -0.25) is 4.79 Å². The van der Waals surface area contributed by atoms with Crippen LogP contribution in [0.3, 0.4) is 0 Å². The molecule has 104 valence electrons. The van der Waals surface area contributed by atoms with Crippen LogP contribution in [0.1, 0.15) is 12.2 Å². The van der Waals surface area contributed by atoms with Gasteiger partial charge in [0.25, 0.3) is 0 Å². The van der Waals surface area contributed by atoms with Crippen molar-refractivity contribution in [3.05, 3.63) is 41.9 Å². The Kier molecular flexibility index (Phi) is 3.00. The smallest absolute Gasteiger partial charge is 0.307 e. The van der Waals surface area contributed by atoms with Crippen molar-refractivity contribution < 1.29 is 18.7 Å². The number of aromatic nitrogens is 2. The number of halogens is 2. The van der Waals surface area contributed by atoms with Crippen LogP contribution >= 0.6 is 0 Å². The summed E-state index contributed by atoms with van der Waals surface area (Å²) in [4.78, 5) is 15.3. The van der Waals surface area contributed by atoms with Gasteiger partial charge < -0.3 is 9.67 Å². The van der Waals surface area contributed by atoms with Crippen molar-refractivity contribution in [1.82, 2.24) is 9.55 Å². The van der Waals surface area contributed by atoms with Gasteiger partial charge in [-0.1, -0.05) is 0 Å². The largest absolute Gasteiger partial charge is 0.481 e. The Morgan fingerprint density at radius 2 is 2.15 bits per heavy atom. The molecule has 0 bridgehead atoms. The van der Waals surface area contributed by atoms with Gasteiger partial charge in [0.05, 0.1) is 11.6 Å². The summed E-state index contributed by atoms with van der Waals surface area (Å²) >= 11 is 0. The Morgan fingerprint density at radius 3 is 2.85 bits per heavy atom. The molecule has 0 aliphatic carbocycles. The second kappa shape index (κ2) is 4.70. The van der Waals surface area contributed by atoms with E-state index in [0.717, 1.165) is 12.1 Å². The third-order valence-corrected chi connectivity index (χ3v) is 3.57. The van der Waals surface area contributed by atoms with E-state index in [-0.39, 0.29) is 0 Å². The molecule has 1 unspecified atom stereocenters. The Bertz CT molecular complexity index is 682. The minimum atomic E-state index is -0.920. The molecule has 0 fully saturated rings. The van der Waals surface area contributed by atoms with E-state index in [1.54, 1.807) is 6.20 Å². The van der Waals surface area contributed by atoms with Gasteiger partial charge in [-0.15, -0.1) is 0 Å². The van der Waals surface area contributed by atoms with Gasteiger partial charge in [0.1, 0.15) is 5.82 Å². The molecule has 1 atom stereocenters. The summed E-state index contributed by atoms with van der Waals surface area (Å²) in [7, 11) is 0. The quantitative estimate of drug-likeness (QED) is 0.918. The fourth-order valence-corrected chi connectivity index (χ4v) is 2.43. The Balaban J connectivity index is 1.94. The van der Waals surface area contributed by atoms with E-state index >= 15 is 0 Å². The van der Waals surface area contributed by atoms with Crippen LogP contribution in [0, 0.1) is 17.6 Å². The fraction of sp³-hybridized carbons (Fsp3) is 0.286. The second-order valence-electron chi connectivity index (χ2n) is 4.89. The number of rotatable bonds is 2. The summed E-state index contributed by atoms with van der Waals surface area (Å²) < 4.78 is 28.0. The molecule has 2 aromatic rings. The van der Waals surface area contributed by atoms with Gasteiger partial charge in [-0.25, -0.2) is 13.8 Å². The third-order valence-electron chi connectivity index (χ3n) is 3.57. The molecule has 6 heteroatoms. The number of aliphatic carboxylic acids is 1. The molecule has 0 amide bonds. The molecule has 20 heavy (non-hydrogen) atoms. The molecule has 2 heterocycles. The highest BCUT2D eigenvalue weighted by molar-refractivity contribution is 5.70. The first kappa shape index (κ1) is 12.8. The van der Waals surface area contributed by atoms with Crippen LogP contribution in [-0.4, -0.2) is 20.6 Å². The van der Waals surface area contributed by atoms with E-state index in [0.29, 0.717) is 36.5 Å². The highest BCUT2D eigenvalue weighted by atomic mass is 19.2. The van der Waals surface area contributed by atoms with E-state index in [1.807, 2.05) is 4.57 Å². The lowest BCUT2D eigenvalue weighted by Crippen LogP contribution is -2.25. The average Bonchev–Trinajstić information content (AvgIpc) is 2.84. The first-order valence-electron chi connectivity index (χ1n) is 6.29. The van der Waals surface area contributed by atoms with Crippen molar-refractivity contribution in [3.63, 3.8) is 0 Å². The molecule has 0 saturated carbocycles. The molecule has 1 N–H and O–H groups in total. The van der Waals surface area contributed by atoms with Crippen LogP contribution in [0.25, 0.3) is 11.3 Å². The van der Waals surface area contributed by atoms with Gasteiger partial charge in [0.15, 0.2) is 11.6 Å². The van der Waals surface area contributed by atoms with Crippen molar-refractivity contribution in [1.29, 1.82) is 0 Å². The first-order chi connectivity index (χ1) is 9.54. The van der Waals surface area contributed by atoms with Crippen LogP contribution in [0.5, 0.6) is 0 Å². The minimum absolute atomic E-state index is 0.360. The van der Waals surface area contributed by atoms with Crippen LogP contribution < -0.4 is 0 Å². The zero-order valence-electron chi connectivity index (χ0n) is 10.5. The zero-order chi connectivity index (χ0) is 14.3. The summed E-state index contributed by atoms with van der Waals surface area (Å²) in [5, 5.41) is 9.03. The number of carboxylic acid groups (broad SMARTS) is 1. The van der Waals surface area contributed by atoms with Crippen molar-refractivity contribution in [3.8, 4) is 11.3 Å². The molecule has 1 aliphatic rings. The predicted molar refractivity (Wildman–Crippen MR) is 67.0 cm³/mol. The van der Waals surface area contributed by atoms with Crippen molar-refractivity contribution in [2.75, 3.05) is 0 Å². The molecule has 1 aliphatic heterocycles. The zero-order valence-corrected chi connectivity index (χ0v) is 10.5. The van der Waals surface area contributed by atoms with E-state index in [2.05, 4.69) is 4.98 Å². The number of hydrogen-bond donors (Lipinski definition) is 1. The number of carboxylic acids is 1. The number of fused-ring (bicyclic) bond motifs is 1. The van der Waals surface area contributed by atoms with Gasteiger partial charge in [-0.2, -0.15) is 0 Å². The number of benzene rings is 1. The number of carbonyl (C=O) groups is 1. The molecule has 0 spiro atoms. The molecule has 3 rings (SSSR count). The van der Waals surface area contributed by atoms with E-state index in [4.69, 9.17) is 5.11 Å².